The number of carbonyl (C=O) groups is 2. The lowest BCUT2D eigenvalue weighted by molar-refractivity contribution is 0.0580. The van der Waals surface area contributed by atoms with Crippen molar-refractivity contribution in [3.05, 3.63) is 214 Å². The van der Waals surface area contributed by atoms with Crippen molar-refractivity contribution < 1.29 is 47.9 Å². The van der Waals surface area contributed by atoms with Gasteiger partial charge in [0.2, 0.25) is 0 Å². The molecule has 0 fully saturated rings. The number of hydrogen-bond donors (Lipinski definition) is 3. The Kier molecular flexibility index (Phi) is 14.6. The lowest BCUT2D eigenvalue weighted by atomic mass is 10.00. The largest absolute Gasteiger partial charge is 0.504 e. The molecule has 0 radical (unpaired) electrons. The standard InChI is InChI=1S/C31H25FN2O4.C24H19FN2O4/c1-37-31(36)29-30(38-19-22-5-3-2-4-6-22)28-26(27(34-29)24-11-7-21(18-35)8-12-24)16-23(17-33-28)15-20-9-13-25(32)14-10-20;1-31-24(30)22-23(29)21-19(20(27-22)17-6-2-15(13-28)3-7-17)11-16(12-26-21)10-14-4-8-18(25)9-5-14/h2-14,16-17,35H,15,18-19H2,1H3;2-9,11-12,28-29H,10,13H2,1H3. The van der Waals surface area contributed by atoms with Crippen molar-refractivity contribution >= 4 is 33.7 Å². The van der Waals surface area contributed by atoms with Crippen LogP contribution in [0, 0.1) is 11.6 Å². The van der Waals surface area contributed by atoms with Crippen molar-refractivity contribution in [1.82, 2.24) is 19.9 Å². The number of aromatic hydroxyl groups is 1. The van der Waals surface area contributed by atoms with Gasteiger partial charge < -0.3 is 29.5 Å². The maximum Gasteiger partial charge on any atom is 0.360 e. The van der Waals surface area contributed by atoms with E-state index in [2.05, 4.69) is 9.97 Å². The number of methoxy groups -OCH3 is 2. The zero-order chi connectivity index (χ0) is 48.4. The van der Waals surface area contributed by atoms with Gasteiger partial charge in [0.1, 0.15) is 29.3 Å². The van der Waals surface area contributed by atoms with E-state index < -0.39 is 11.9 Å². The number of rotatable bonds is 13. The van der Waals surface area contributed by atoms with E-state index in [1.54, 1.807) is 73.1 Å². The predicted octanol–water partition coefficient (Wildman–Crippen LogP) is 9.90. The highest BCUT2D eigenvalue weighted by Gasteiger charge is 2.25. The Balaban J connectivity index is 0.000000190. The number of aliphatic hydroxyl groups excluding tert-OH is 2. The van der Waals surface area contributed by atoms with Gasteiger partial charge in [-0.25, -0.2) is 28.3 Å². The Morgan fingerprint density at radius 2 is 0.957 bits per heavy atom. The molecule has 9 aromatic rings. The number of halogens is 2. The Bertz CT molecular complexity index is 3270. The highest BCUT2D eigenvalue weighted by Crippen LogP contribution is 2.37. The van der Waals surface area contributed by atoms with Gasteiger partial charge in [-0.15, -0.1) is 0 Å². The lowest BCUT2D eigenvalue weighted by Gasteiger charge is -2.16. The van der Waals surface area contributed by atoms with Gasteiger partial charge in [0.25, 0.3) is 0 Å². The smallest absolute Gasteiger partial charge is 0.360 e. The van der Waals surface area contributed by atoms with E-state index in [-0.39, 0.29) is 59.9 Å². The molecule has 0 aliphatic carbocycles. The molecular formula is C55H44F2N4O8. The summed E-state index contributed by atoms with van der Waals surface area (Å²) >= 11 is 0. The second-order valence-corrected chi connectivity index (χ2v) is 15.8. The molecule has 0 aliphatic heterocycles. The van der Waals surface area contributed by atoms with E-state index in [1.165, 1.54) is 38.5 Å². The van der Waals surface area contributed by atoms with E-state index in [9.17, 15) is 33.7 Å². The number of pyridine rings is 4. The molecule has 69 heavy (non-hydrogen) atoms. The number of ether oxygens (including phenoxy) is 3. The molecule has 4 heterocycles. The van der Waals surface area contributed by atoms with E-state index >= 15 is 0 Å². The minimum absolute atomic E-state index is 0.0240. The molecule has 0 saturated heterocycles. The average Bonchev–Trinajstić information content (AvgIpc) is 3.39. The van der Waals surface area contributed by atoms with Crippen LogP contribution in [0.25, 0.3) is 44.3 Å². The highest BCUT2D eigenvalue weighted by atomic mass is 19.1. The van der Waals surface area contributed by atoms with Gasteiger partial charge in [0.05, 0.1) is 38.8 Å². The number of benzene rings is 5. The van der Waals surface area contributed by atoms with Gasteiger partial charge in [0.15, 0.2) is 22.9 Å². The van der Waals surface area contributed by atoms with Gasteiger partial charge in [-0.1, -0.05) is 103 Å². The van der Waals surface area contributed by atoms with Gasteiger partial charge in [-0.3, -0.25) is 9.97 Å². The fraction of sp³-hybridized carbons (Fsp3) is 0.127. The normalized spacial score (nSPS) is 10.9. The van der Waals surface area contributed by atoms with Crippen molar-refractivity contribution in [2.75, 3.05) is 14.2 Å². The molecular weight excluding hydrogens is 883 g/mol. The van der Waals surface area contributed by atoms with Gasteiger partial charge in [-0.2, -0.15) is 0 Å². The van der Waals surface area contributed by atoms with Crippen LogP contribution >= 0.6 is 0 Å². The van der Waals surface area contributed by atoms with E-state index in [1.807, 2.05) is 54.6 Å². The van der Waals surface area contributed by atoms with Crippen LogP contribution in [0.5, 0.6) is 11.5 Å². The summed E-state index contributed by atoms with van der Waals surface area (Å²) in [6.07, 6.45) is 4.36. The first-order chi connectivity index (χ1) is 33.5. The monoisotopic (exact) mass is 926 g/mol. The molecule has 0 aliphatic rings. The summed E-state index contributed by atoms with van der Waals surface area (Å²) in [7, 11) is 2.51. The number of carbonyl (C=O) groups excluding carboxylic acids is 2. The van der Waals surface area contributed by atoms with Crippen LogP contribution in [0.4, 0.5) is 8.78 Å². The summed E-state index contributed by atoms with van der Waals surface area (Å²) in [5, 5.41) is 30.6. The Morgan fingerprint density at radius 1 is 0.522 bits per heavy atom. The van der Waals surface area contributed by atoms with E-state index in [4.69, 9.17) is 24.2 Å². The number of hydrogen-bond acceptors (Lipinski definition) is 12. The SMILES string of the molecule is COC(=O)c1nc(-c2ccc(CO)cc2)c2cc(Cc3ccc(F)cc3)cnc2c1O.COC(=O)c1nc(-c2ccc(CO)cc2)c2cc(Cc3ccc(F)cc3)cnc2c1OCc1ccccc1. The van der Waals surface area contributed by atoms with Crippen molar-refractivity contribution in [2.24, 2.45) is 0 Å². The van der Waals surface area contributed by atoms with Crippen LogP contribution in [0.2, 0.25) is 0 Å². The third-order valence-electron chi connectivity index (χ3n) is 11.2. The third kappa shape index (κ3) is 10.9. The average molecular weight is 927 g/mol. The summed E-state index contributed by atoms with van der Waals surface area (Å²) in [5.41, 5.74) is 8.87. The van der Waals surface area contributed by atoms with Crippen molar-refractivity contribution in [3.8, 4) is 34.0 Å². The number of esters is 2. The first-order valence-corrected chi connectivity index (χ1v) is 21.6. The Labute approximate surface area is 395 Å². The lowest BCUT2D eigenvalue weighted by Crippen LogP contribution is -2.11. The van der Waals surface area contributed by atoms with Crippen molar-refractivity contribution in [1.29, 1.82) is 0 Å². The third-order valence-corrected chi connectivity index (χ3v) is 11.2. The minimum atomic E-state index is -0.773. The molecule has 0 atom stereocenters. The highest BCUT2D eigenvalue weighted by molar-refractivity contribution is 6.04. The second-order valence-electron chi connectivity index (χ2n) is 15.8. The Hall–Kier alpha value is -8.46. The molecule has 4 aromatic heterocycles. The van der Waals surface area contributed by atoms with Crippen LogP contribution in [-0.4, -0.2) is 61.4 Å². The predicted molar refractivity (Wildman–Crippen MR) is 255 cm³/mol. The molecule has 0 spiro atoms. The Morgan fingerprint density at radius 3 is 1.43 bits per heavy atom. The number of nitrogens with zero attached hydrogens (tertiary/aromatic N) is 4. The first-order valence-electron chi connectivity index (χ1n) is 21.6. The fourth-order valence-electron chi connectivity index (χ4n) is 7.60. The number of aliphatic hydroxyl groups is 2. The van der Waals surface area contributed by atoms with Gasteiger partial charge in [0, 0.05) is 34.3 Å². The van der Waals surface area contributed by atoms with Crippen molar-refractivity contribution in [2.45, 2.75) is 32.7 Å². The number of fused-ring (bicyclic) bond motifs is 2. The molecule has 346 valence electrons. The fourth-order valence-corrected chi connectivity index (χ4v) is 7.60. The molecule has 0 amide bonds. The molecule has 0 saturated carbocycles. The molecule has 9 rings (SSSR count). The topological polar surface area (TPSA) is 174 Å². The second kappa shape index (κ2) is 21.4. The summed E-state index contributed by atoms with van der Waals surface area (Å²) in [5.74, 6) is -2.13. The molecule has 5 aromatic carbocycles. The molecule has 0 unspecified atom stereocenters. The van der Waals surface area contributed by atoms with E-state index in [0.717, 1.165) is 44.5 Å². The van der Waals surface area contributed by atoms with Crippen LogP contribution < -0.4 is 4.74 Å². The quantitative estimate of drug-likeness (QED) is 0.0936. The minimum Gasteiger partial charge on any atom is -0.504 e. The summed E-state index contributed by atoms with van der Waals surface area (Å²) in [6, 6.07) is 40.3. The van der Waals surface area contributed by atoms with Crippen LogP contribution in [0.1, 0.15) is 59.9 Å². The maximum absolute atomic E-state index is 13.4. The maximum atomic E-state index is 13.4. The molecule has 3 N–H and O–H groups in total. The summed E-state index contributed by atoms with van der Waals surface area (Å²) < 4.78 is 42.6. The van der Waals surface area contributed by atoms with Gasteiger partial charge in [-0.05, 0) is 88.2 Å². The van der Waals surface area contributed by atoms with Crippen LogP contribution in [-0.2, 0) is 42.1 Å². The molecule has 12 nitrogen and oxygen atoms in total. The summed E-state index contributed by atoms with van der Waals surface area (Å²) in [4.78, 5) is 43.2. The zero-order valence-corrected chi connectivity index (χ0v) is 37.4. The zero-order valence-electron chi connectivity index (χ0n) is 37.4. The molecule has 14 heteroatoms. The van der Waals surface area contributed by atoms with E-state index in [0.29, 0.717) is 46.1 Å². The van der Waals surface area contributed by atoms with Crippen LogP contribution in [0.3, 0.4) is 0 Å². The first kappa shape index (κ1) is 47.0. The summed E-state index contributed by atoms with van der Waals surface area (Å²) in [6.45, 7) is 0.0312. The van der Waals surface area contributed by atoms with Gasteiger partial charge >= 0.3 is 11.9 Å². The van der Waals surface area contributed by atoms with Crippen molar-refractivity contribution in [3.63, 3.8) is 0 Å². The van der Waals surface area contributed by atoms with Crippen LogP contribution in [0.15, 0.2) is 152 Å². The molecule has 0 bridgehead atoms. The number of aromatic nitrogens is 4.